The van der Waals surface area contributed by atoms with Gasteiger partial charge in [-0.05, 0) is 51.6 Å². The molecule has 1 fully saturated rings. The van der Waals surface area contributed by atoms with Crippen molar-refractivity contribution in [2.24, 2.45) is 0 Å². The van der Waals surface area contributed by atoms with Crippen LogP contribution in [0, 0.1) is 6.92 Å². The van der Waals surface area contributed by atoms with E-state index in [1.54, 1.807) is 0 Å². The fourth-order valence-electron chi connectivity index (χ4n) is 2.98. The number of benzene rings is 1. The summed E-state index contributed by atoms with van der Waals surface area (Å²) < 4.78 is 0. The lowest BCUT2D eigenvalue weighted by Gasteiger charge is -2.21. The zero-order valence-corrected chi connectivity index (χ0v) is 12.2. The number of nitrogen functional groups attached to an aromatic ring is 1. The van der Waals surface area contributed by atoms with Gasteiger partial charge in [0.05, 0.1) is 0 Å². The Hall–Kier alpha value is -1.81. The molecule has 0 amide bonds. The van der Waals surface area contributed by atoms with Crippen LogP contribution in [-0.2, 0) is 0 Å². The first-order valence-electron chi connectivity index (χ1n) is 7.24. The number of nitrogens with two attached hydrogens (primary N) is 1. The summed E-state index contributed by atoms with van der Waals surface area (Å²) in [5.74, 6) is 0. The van der Waals surface area contributed by atoms with Crippen molar-refractivity contribution >= 4 is 22.1 Å². The molecule has 1 unspecified atom stereocenters. The predicted molar refractivity (Wildman–Crippen MR) is 85.0 cm³/mol. The second-order valence-electron chi connectivity index (χ2n) is 5.73. The van der Waals surface area contributed by atoms with Gasteiger partial charge in [-0.25, -0.2) is 0 Å². The molecule has 2 aromatic rings. The Kier molecular flexibility index (Phi) is 3.49. The molecular weight excluding hydrogens is 248 g/mol. The van der Waals surface area contributed by atoms with Crippen LogP contribution in [0.4, 0.5) is 11.4 Å². The molecule has 20 heavy (non-hydrogen) atoms. The summed E-state index contributed by atoms with van der Waals surface area (Å²) in [5, 5.41) is 5.78. The molecule has 0 aliphatic carbocycles. The van der Waals surface area contributed by atoms with Gasteiger partial charge in [0.2, 0.25) is 0 Å². The standard InChI is InChI=1S/C16H22N4/c1-11-8-13-14(10-18-11)15(17)5-6-16(13)19-9-12-4-3-7-20(12)2/h5-6,8,10,12,19H,3-4,7,9,17H2,1-2H3. The SMILES string of the molecule is Cc1cc2c(NCC3CCCN3C)ccc(N)c2cn1. The summed E-state index contributed by atoms with van der Waals surface area (Å²) in [5.41, 5.74) is 9.00. The lowest BCUT2D eigenvalue weighted by atomic mass is 10.1. The van der Waals surface area contributed by atoms with E-state index in [2.05, 4.69) is 34.4 Å². The van der Waals surface area contributed by atoms with Gasteiger partial charge in [-0.1, -0.05) is 0 Å². The van der Waals surface area contributed by atoms with E-state index >= 15 is 0 Å². The normalized spacial score (nSPS) is 19.6. The van der Waals surface area contributed by atoms with Crippen molar-refractivity contribution in [2.45, 2.75) is 25.8 Å². The van der Waals surface area contributed by atoms with Crippen molar-refractivity contribution in [3.05, 3.63) is 30.1 Å². The molecule has 0 saturated carbocycles. The Labute approximate surface area is 120 Å². The Bertz CT molecular complexity index is 623. The van der Waals surface area contributed by atoms with E-state index in [4.69, 9.17) is 5.73 Å². The molecular formula is C16H22N4. The molecule has 4 nitrogen and oxygen atoms in total. The topological polar surface area (TPSA) is 54.2 Å². The number of fused-ring (bicyclic) bond motifs is 1. The van der Waals surface area contributed by atoms with Gasteiger partial charge in [-0.2, -0.15) is 0 Å². The molecule has 0 bridgehead atoms. The number of pyridine rings is 1. The van der Waals surface area contributed by atoms with Gasteiger partial charge in [0.15, 0.2) is 0 Å². The second-order valence-corrected chi connectivity index (χ2v) is 5.73. The third kappa shape index (κ3) is 2.43. The number of anilines is 2. The third-order valence-electron chi connectivity index (χ3n) is 4.27. The lowest BCUT2D eigenvalue weighted by Crippen LogP contribution is -2.31. The fraction of sp³-hybridized carbons (Fsp3) is 0.438. The zero-order valence-electron chi connectivity index (χ0n) is 12.2. The molecule has 3 rings (SSSR count). The molecule has 0 radical (unpaired) electrons. The first-order chi connectivity index (χ1) is 9.65. The maximum absolute atomic E-state index is 6.04. The summed E-state index contributed by atoms with van der Waals surface area (Å²) in [6, 6.07) is 6.77. The smallest absolute Gasteiger partial charge is 0.0423 e. The Morgan fingerprint density at radius 2 is 2.25 bits per heavy atom. The molecule has 106 valence electrons. The van der Waals surface area contributed by atoms with Crippen LogP contribution in [0.25, 0.3) is 10.8 Å². The minimum atomic E-state index is 0.630. The van der Waals surface area contributed by atoms with E-state index in [0.717, 1.165) is 34.4 Å². The molecule has 1 atom stereocenters. The summed E-state index contributed by atoms with van der Waals surface area (Å²) in [6.45, 7) is 4.20. The molecule has 3 N–H and O–H groups in total. The van der Waals surface area contributed by atoms with Gasteiger partial charge in [0.25, 0.3) is 0 Å². The van der Waals surface area contributed by atoms with Crippen LogP contribution in [0.3, 0.4) is 0 Å². The largest absolute Gasteiger partial charge is 0.398 e. The number of hydrogen-bond acceptors (Lipinski definition) is 4. The van der Waals surface area contributed by atoms with Gasteiger partial charge in [-0.15, -0.1) is 0 Å². The number of nitrogens with one attached hydrogen (secondary N) is 1. The van der Waals surface area contributed by atoms with Crippen molar-refractivity contribution in [2.75, 3.05) is 31.2 Å². The van der Waals surface area contributed by atoms with Gasteiger partial charge in [0.1, 0.15) is 0 Å². The number of rotatable bonds is 3. The summed E-state index contributed by atoms with van der Waals surface area (Å²) in [7, 11) is 2.20. The van der Waals surface area contributed by atoms with Crippen LogP contribution in [0.15, 0.2) is 24.4 Å². The summed E-state index contributed by atoms with van der Waals surface area (Å²) >= 11 is 0. The molecule has 2 heterocycles. The van der Waals surface area contributed by atoms with E-state index in [1.807, 2.05) is 19.2 Å². The molecule has 1 aromatic carbocycles. The van der Waals surface area contributed by atoms with Crippen LogP contribution in [0.1, 0.15) is 18.5 Å². The minimum Gasteiger partial charge on any atom is -0.398 e. The van der Waals surface area contributed by atoms with Crippen molar-refractivity contribution < 1.29 is 0 Å². The van der Waals surface area contributed by atoms with Crippen LogP contribution in [0.5, 0.6) is 0 Å². The predicted octanol–water partition coefficient (Wildman–Crippen LogP) is 2.63. The van der Waals surface area contributed by atoms with Crippen LogP contribution in [0.2, 0.25) is 0 Å². The van der Waals surface area contributed by atoms with Gasteiger partial charge in [0, 0.05) is 46.6 Å². The lowest BCUT2D eigenvalue weighted by molar-refractivity contribution is 0.322. The maximum Gasteiger partial charge on any atom is 0.0423 e. The van der Waals surface area contributed by atoms with E-state index in [-0.39, 0.29) is 0 Å². The van der Waals surface area contributed by atoms with E-state index in [0.29, 0.717) is 6.04 Å². The number of aryl methyl sites for hydroxylation is 1. The highest BCUT2D eigenvalue weighted by atomic mass is 15.2. The van der Waals surface area contributed by atoms with Crippen molar-refractivity contribution in [1.29, 1.82) is 0 Å². The quantitative estimate of drug-likeness (QED) is 0.842. The van der Waals surface area contributed by atoms with E-state index in [9.17, 15) is 0 Å². The number of likely N-dealkylation sites (tertiary alicyclic amines) is 1. The Balaban J connectivity index is 1.87. The minimum absolute atomic E-state index is 0.630. The highest BCUT2D eigenvalue weighted by Crippen LogP contribution is 2.28. The Morgan fingerprint density at radius 1 is 1.40 bits per heavy atom. The first-order valence-corrected chi connectivity index (χ1v) is 7.24. The molecule has 1 aliphatic heterocycles. The highest BCUT2D eigenvalue weighted by molar-refractivity contribution is 6.00. The third-order valence-corrected chi connectivity index (χ3v) is 4.27. The maximum atomic E-state index is 6.04. The number of likely N-dealkylation sites (N-methyl/N-ethyl adjacent to an activating group) is 1. The van der Waals surface area contributed by atoms with E-state index in [1.165, 1.54) is 19.4 Å². The van der Waals surface area contributed by atoms with Crippen LogP contribution >= 0.6 is 0 Å². The molecule has 4 heteroatoms. The molecule has 0 spiro atoms. The number of aromatic nitrogens is 1. The zero-order chi connectivity index (χ0) is 14.1. The molecule has 1 saturated heterocycles. The van der Waals surface area contributed by atoms with Gasteiger partial charge in [-0.3, -0.25) is 4.98 Å². The molecule has 1 aliphatic rings. The fourth-order valence-corrected chi connectivity index (χ4v) is 2.98. The monoisotopic (exact) mass is 270 g/mol. The number of hydrogen-bond donors (Lipinski definition) is 2. The number of nitrogens with zero attached hydrogens (tertiary/aromatic N) is 2. The van der Waals surface area contributed by atoms with E-state index < -0.39 is 0 Å². The van der Waals surface area contributed by atoms with Crippen LogP contribution in [-0.4, -0.2) is 36.1 Å². The summed E-state index contributed by atoms with van der Waals surface area (Å²) in [4.78, 5) is 6.77. The average Bonchev–Trinajstić information content (AvgIpc) is 2.83. The second kappa shape index (κ2) is 5.29. The highest BCUT2D eigenvalue weighted by Gasteiger charge is 2.20. The first kappa shape index (κ1) is 13.2. The van der Waals surface area contributed by atoms with Gasteiger partial charge >= 0.3 is 0 Å². The van der Waals surface area contributed by atoms with Crippen LogP contribution < -0.4 is 11.1 Å². The average molecular weight is 270 g/mol. The van der Waals surface area contributed by atoms with Gasteiger partial charge < -0.3 is 16.0 Å². The Morgan fingerprint density at radius 3 is 3.00 bits per heavy atom. The van der Waals surface area contributed by atoms with Crippen molar-refractivity contribution in [3.63, 3.8) is 0 Å². The van der Waals surface area contributed by atoms with Crippen molar-refractivity contribution in [1.82, 2.24) is 9.88 Å². The van der Waals surface area contributed by atoms with Crippen molar-refractivity contribution in [3.8, 4) is 0 Å². The molecule has 1 aromatic heterocycles. The summed E-state index contributed by atoms with van der Waals surface area (Å²) in [6.07, 6.45) is 4.44.